The van der Waals surface area contributed by atoms with Crippen molar-refractivity contribution in [1.29, 1.82) is 0 Å². The molecule has 2 heterocycles. The van der Waals surface area contributed by atoms with Crippen molar-refractivity contribution in [3.63, 3.8) is 0 Å². The fourth-order valence-corrected chi connectivity index (χ4v) is 4.30. The van der Waals surface area contributed by atoms with Crippen LogP contribution < -0.4 is 5.32 Å². The number of rotatable bonds is 6. The van der Waals surface area contributed by atoms with Gasteiger partial charge in [0.1, 0.15) is 0 Å². The summed E-state index contributed by atoms with van der Waals surface area (Å²) in [6.07, 6.45) is 5.82. The highest BCUT2D eigenvalue weighted by atomic mass is 16.2. The maximum Gasteiger partial charge on any atom is 0.226 e. The number of amides is 2. The molecule has 2 aliphatic rings. The molecule has 144 valence electrons. The summed E-state index contributed by atoms with van der Waals surface area (Å²) in [6, 6.07) is 2.34. The Morgan fingerprint density at radius 2 is 1.88 bits per heavy atom. The minimum Gasteiger partial charge on any atom is -0.356 e. The molecule has 26 heavy (non-hydrogen) atoms. The molecule has 0 bridgehead atoms. The summed E-state index contributed by atoms with van der Waals surface area (Å²) in [5.41, 5.74) is 2.16. The molecule has 3 rings (SSSR count). The van der Waals surface area contributed by atoms with Crippen LogP contribution in [0.1, 0.15) is 62.9 Å². The highest BCUT2D eigenvalue weighted by Crippen LogP contribution is 2.34. The first kappa shape index (κ1) is 18.9. The fourth-order valence-electron chi connectivity index (χ4n) is 4.30. The van der Waals surface area contributed by atoms with E-state index in [9.17, 15) is 9.59 Å². The number of hydrogen-bond acceptors (Lipinski definition) is 3. The second-order valence-electron chi connectivity index (χ2n) is 7.91. The Labute approximate surface area is 156 Å². The zero-order valence-electron chi connectivity index (χ0n) is 16.3. The standard InChI is InChI=1S/C20H32N4O2/c1-4-5-10-21-19(25)17-8-6-7-9-18(17)20(26)23-12-16(13-23)24-15(3)11-14(2)22-24/h11,16-18H,4-10,12-13H2,1-3H3,(H,21,25)/t17-,18+/m1/s1. The largest absolute Gasteiger partial charge is 0.356 e. The molecule has 2 fully saturated rings. The van der Waals surface area contributed by atoms with Crippen LogP contribution in [0.5, 0.6) is 0 Å². The van der Waals surface area contributed by atoms with Gasteiger partial charge in [0.2, 0.25) is 11.8 Å². The minimum atomic E-state index is -0.152. The van der Waals surface area contributed by atoms with Gasteiger partial charge in [-0.25, -0.2) is 0 Å². The van der Waals surface area contributed by atoms with E-state index in [0.717, 1.165) is 56.5 Å². The number of hydrogen-bond donors (Lipinski definition) is 1. The minimum absolute atomic E-state index is 0.0760. The molecule has 0 unspecified atom stereocenters. The molecule has 1 N–H and O–H groups in total. The van der Waals surface area contributed by atoms with Crippen molar-refractivity contribution >= 4 is 11.8 Å². The summed E-state index contributed by atoms with van der Waals surface area (Å²) in [5, 5.41) is 7.57. The fraction of sp³-hybridized carbons (Fsp3) is 0.750. The maximum atomic E-state index is 13.0. The summed E-state index contributed by atoms with van der Waals surface area (Å²) in [5.74, 6) is -0.0575. The van der Waals surface area contributed by atoms with E-state index in [1.165, 1.54) is 0 Å². The quantitative estimate of drug-likeness (QED) is 0.793. The Hall–Kier alpha value is -1.85. The van der Waals surface area contributed by atoms with Crippen LogP contribution in [0, 0.1) is 25.7 Å². The lowest BCUT2D eigenvalue weighted by Gasteiger charge is -2.43. The lowest BCUT2D eigenvalue weighted by molar-refractivity contribution is -0.148. The summed E-state index contributed by atoms with van der Waals surface area (Å²) in [7, 11) is 0. The number of aryl methyl sites for hydroxylation is 2. The van der Waals surface area contributed by atoms with Gasteiger partial charge in [-0.05, 0) is 39.2 Å². The predicted molar refractivity (Wildman–Crippen MR) is 101 cm³/mol. The van der Waals surface area contributed by atoms with E-state index in [-0.39, 0.29) is 29.7 Å². The van der Waals surface area contributed by atoms with Gasteiger partial charge in [-0.1, -0.05) is 26.2 Å². The molecular weight excluding hydrogens is 328 g/mol. The third kappa shape index (κ3) is 3.94. The van der Waals surface area contributed by atoms with Gasteiger partial charge in [-0.2, -0.15) is 5.10 Å². The van der Waals surface area contributed by atoms with Crippen LogP contribution in [0.4, 0.5) is 0 Å². The van der Waals surface area contributed by atoms with Crippen molar-refractivity contribution in [3.8, 4) is 0 Å². The van der Waals surface area contributed by atoms with E-state index in [1.54, 1.807) is 0 Å². The van der Waals surface area contributed by atoms with E-state index >= 15 is 0 Å². The van der Waals surface area contributed by atoms with Crippen LogP contribution >= 0.6 is 0 Å². The number of nitrogens with one attached hydrogen (secondary N) is 1. The highest BCUT2D eigenvalue weighted by molar-refractivity contribution is 5.88. The van der Waals surface area contributed by atoms with Crippen molar-refractivity contribution in [3.05, 3.63) is 17.5 Å². The Balaban J connectivity index is 1.57. The molecule has 1 aromatic heterocycles. The first-order valence-corrected chi connectivity index (χ1v) is 10.1. The smallest absolute Gasteiger partial charge is 0.226 e. The molecule has 6 nitrogen and oxygen atoms in total. The van der Waals surface area contributed by atoms with E-state index in [4.69, 9.17) is 0 Å². The lowest BCUT2D eigenvalue weighted by atomic mass is 9.77. The van der Waals surface area contributed by atoms with Gasteiger partial charge in [0.05, 0.1) is 11.7 Å². The average molecular weight is 361 g/mol. The number of carbonyl (C=O) groups excluding carboxylic acids is 2. The molecule has 1 aromatic rings. The Morgan fingerprint density at radius 3 is 2.50 bits per heavy atom. The highest BCUT2D eigenvalue weighted by Gasteiger charge is 2.42. The van der Waals surface area contributed by atoms with Gasteiger partial charge in [0, 0.05) is 37.2 Å². The SMILES string of the molecule is CCCCNC(=O)[C@@H]1CCCC[C@@H]1C(=O)N1CC(n2nc(C)cc2C)C1. The van der Waals surface area contributed by atoms with Crippen LogP contribution in [0.3, 0.4) is 0 Å². The predicted octanol–water partition coefficient (Wildman–Crippen LogP) is 2.61. The van der Waals surface area contributed by atoms with Crippen molar-refractivity contribution in [2.45, 2.75) is 65.3 Å². The summed E-state index contributed by atoms with van der Waals surface area (Å²) in [6.45, 7) is 8.30. The molecule has 1 aliphatic carbocycles. The third-order valence-electron chi connectivity index (χ3n) is 5.81. The average Bonchev–Trinajstić information content (AvgIpc) is 2.91. The Bertz CT molecular complexity index is 648. The third-order valence-corrected chi connectivity index (χ3v) is 5.81. The van der Waals surface area contributed by atoms with Crippen molar-refractivity contribution in [2.75, 3.05) is 19.6 Å². The Morgan fingerprint density at radius 1 is 1.19 bits per heavy atom. The number of nitrogens with zero attached hydrogens (tertiary/aromatic N) is 3. The van der Waals surface area contributed by atoms with Gasteiger partial charge in [0.15, 0.2) is 0 Å². The second-order valence-corrected chi connectivity index (χ2v) is 7.91. The van der Waals surface area contributed by atoms with Gasteiger partial charge in [0.25, 0.3) is 0 Å². The van der Waals surface area contributed by atoms with Gasteiger partial charge >= 0.3 is 0 Å². The van der Waals surface area contributed by atoms with E-state index in [0.29, 0.717) is 13.1 Å². The molecular formula is C20H32N4O2. The molecule has 0 aromatic carbocycles. The van der Waals surface area contributed by atoms with E-state index in [2.05, 4.69) is 30.3 Å². The normalized spacial score (nSPS) is 23.6. The first-order valence-electron chi connectivity index (χ1n) is 10.1. The molecule has 1 aliphatic heterocycles. The van der Waals surface area contributed by atoms with Crippen LogP contribution in [0.2, 0.25) is 0 Å². The molecule has 2 amide bonds. The monoisotopic (exact) mass is 360 g/mol. The molecule has 2 atom stereocenters. The van der Waals surface area contributed by atoms with Crippen LogP contribution in [-0.2, 0) is 9.59 Å². The molecule has 1 saturated heterocycles. The van der Waals surface area contributed by atoms with Gasteiger partial charge in [-0.3, -0.25) is 14.3 Å². The molecule has 0 spiro atoms. The zero-order valence-corrected chi connectivity index (χ0v) is 16.3. The summed E-state index contributed by atoms with van der Waals surface area (Å²) < 4.78 is 2.04. The zero-order chi connectivity index (χ0) is 18.7. The Kier molecular flexibility index (Phi) is 5.99. The van der Waals surface area contributed by atoms with Crippen molar-refractivity contribution < 1.29 is 9.59 Å². The number of aromatic nitrogens is 2. The summed E-state index contributed by atoms with van der Waals surface area (Å²) >= 11 is 0. The topological polar surface area (TPSA) is 67.2 Å². The van der Waals surface area contributed by atoms with Crippen LogP contribution in [0.15, 0.2) is 6.07 Å². The van der Waals surface area contributed by atoms with Crippen molar-refractivity contribution in [1.82, 2.24) is 20.0 Å². The summed E-state index contributed by atoms with van der Waals surface area (Å²) in [4.78, 5) is 27.5. The molecule has 6 heteroatoms. The van der Waals surface area contributed by atoms with E-state index < -0.39 is 0 Å². The maximum absolute atomic E-state index is 13.0. The van der Waals surface area contributed by atoms with Crippen LogP contribution in [0.25, 0.3) is 0 Å². The van der Waals surface area contributed by atoms with E-state index in [1.807, 2.05) is 16.5 Å². The van der Waals surface area contributed by atoms with Crippen molar-refractivity contribution in [2.24, 2.45) is 11.8 Å². The number of unbranched alkanes of at least 4 members (excludes halogenated alkanes) is 1. The number of likely N-dealkylation sites (tertiary alicyclic amines) is 1. The lowest BCUT2D eigenvalue weighted by Crippen LogP contribution is -2.55. The number of carbonyl (C=O) groups is 2. The first-order chi connectivity index (χ1) is 12.5. The van der Waals surface area contributed by atoms with Crippen LogP contribution in [-0.4, -0.2) is 46.1 Å². The second kappa shape index (κ2) is 8.23. The molecule has 0 radical (unpaired) electrons. The van der Waals surface area contributed by atoms with Gasteiger partial charge < -0.3 is 10.2 Å². The molecule has 1 saturated carbocycles. The van der Waals surface area contributed by atoms with Gasteiger partial charge in [-0.15, -0.1) is 0 Å².